The maximum absolute atomic E-state index is 12.4. The van der Waals surface area contributed by atoms with E-state index in [0.717, 1.165) is 16.3 Å². The summed E-state index contributed by atoms with van der Waals surface area (Å²) in [4.78, 5) is 28.8. The van der Waals surface area contributed by atoms with Gasteiger partial charge in [0.15, 0.2) is 5.76 Å². The van der Waals surface area contributed by atoms with Crippen LogP contribution in [-0.2, 0) is 13.2 Å². The smallest absolute Gasteiger partial charge is 0.291 e. The molecule has 0 unspecified atom stereocenters. The van der Waals surface area contributed by atoms with Crippen LogP contribution in [0.1, 0.15) is 37.2 Å². The number of carbonyl (C=O) groups excluding carboxylic acids is 2. The summed E-state index contributed by atoms with van der Waals surface area (Å²) in [6.45, 7) is 2.72. The molecule has 0 aliphatic rings. The van der Waals surface area contributed by atoms with Crippen molar-refractivity contribution >= 4 is 28.8 Å². The SMILES string of the molecule is Cc1nc(COc2ccc(C(=O)NCc3ccc(NC(=O)c4ccco4)cc3)cc2)cs1. The van der Waals surface area contributed by atoms with E-state index >= 15 is 0 Å². The fraction of sp³-hybridized carbons (Fsp3) is 0.125. The van der Waals surface area contributed by atoms with Gasteiger partial charge < -0.3 is 19.8 Å². The van der Waals surface area contributed by atoms with E-state index in [4.69, 9.17) is 9.15 Å². The zero-order chi connectivity index (χ0) is 22.3. The Morgan fingerprint density at radius 1 is 1.03 bits per heavy atom. The van der Waals surface area contributed by atoms with E-state index < -0.39 is 0 Å². The zero-order valence-corrected chi connectivity index (χ0v) is 18.1. The van der Waals surface area contributed by atoms with E-state index in [1.165, 1.54) is 6.26 Å². The van der Waals surface area contributed by atoms with Gasteiger partial charge in [0.05, 0.1) is 17.0 Å². The van der Waals surface area contributed by atoms with Crippen molar-refractivity contribution in [2.45, 2.75) is 20.1 Å². The second kappa shape index (κ2) is 9.93. The Kier molecular flexibility index (Phi) is 6.62. The van der Waals surface area contributed by atoms with Gasteiger partial charge in [-0.25, -0.2) is 4.98 Å². The van der Waals surface area contributed by atoms with Crippen molar-refractivity contribution in [1.82, 2.24) is 10.3 Å². The third-order valence-corrected chi connectivity index (χ3v) is 5.40. The van der Waals surface area contributed by atoms with Crippen LogP contribution in [0.25, 0.3) is 0 Å². The number of hydrogen-bond donors (Lipinski definition) is 2. The molecule has 0 fully saturated rings. The van der Waals surface area contributed by atoms with Crippen molar-refractivity contribution in [3.8, 4) is 5.75 Å². The van der Waals surface area contributed by atoms with Crippen LogP contribution in [0.5, 0.6) is 5.75 Å². The third kappa shape index (κ3) is 5.61. The highest BCUT2D eigenvalue weighted by Gasteiger charge is 2.09. The number of rotatable bonds is 8. The largest absolute Gasteiger partial charge is 0.487 e. The van der Waals surface area contributed by atoms with Crippen molar-refractivity contribution in [2.75, 3.05) is 5.32 Å². The normalized spacial score (nSPS) is 10.5. The molecule has 0 bridgehead atoms. The number of aromatic nitrogens is 1. The molecule has 0 spiro atoms. The molecule has 0 radical (unpaired) electrons. The topological polar surface area (TPSA) is 93.5 Å². The van der Waals surface area contributed by atoms with Crippen LogP contribution < -0.4 is 15.4 Å². The van der Waals surface area contributed by atoms with Crippen molar-refractivity contribution in [3.05, 3.63) is 99.9 Å². The molecule has 7 nitrogen and oxygen atoms in total. The van der Waals surface area contributed by atoms with Crippen LogP contribution in [0, 0.1) is 6.92 Å². The van der Waals surface area contributed by atoms with E-state index in [0.29, 0.717) is 30.2 Å². The number of carbonyl (C=O) groups is 2. The van der Waals surface area contributed by atoms with Crippen molar-refractivity contribution in [3.63, 3.8) is 0 Å². The van der Waals surface area contributed by atoms with Gasteiger partial charge in [-0.05, 0) is 61.0 Å². The van der Waals surface area contributed by atoms with Crippen LogP contribution >= 0.6 is 11.3 Å². The molecule has 2 aromatic heterocycles. The average Bonchev–Trinajstić information content (AvgIpc) is 3.49. The summed E-state index contributed by atoms with van der Waals surface area (Å²) in [7, 11) is 0. The summed E-state index contributed by atoms with van der Waals surface area (Å²) in [6.07, 6.45) is 1.45. The molecule has 2 N–H and O–H groups in total. The van der Waals surface area contributed by atoms with Crippen molar-refractivity contribution in [1.29, 1.82) is 0 Å². The second-order valence-electron chi connectivity index (χ2n) is 6.98. The standard InChI is InChI=1S/C24H21N3O4S/c1-16-26-20(15-32-16)14-31-21-10-6-18(7-11-21)23(28)25-13-17-4-8-19(9-5-17)27-24(29)22-3-2-12-30-22/h2-12,15H,13-14H2,1H3,(H,25,28)(H,27,29). The fourth-order valence-electron chi connectivity index (χ4n) is 2.93. The van der Waals surface area contributed by atoms with Gasteiger partial charge in [0.1, 0.15) is 12.4 Å². The summed E-state index contributed by atoms with van der Waals surface area (Å²) in [5.74, 6) is 0.433. The first-order valence-electron chi connectivity index (χ1n) is 9.93. The quantitative estimate of drug-likeness (QED) is 0.404. The molecule has 2 aromatic carbocycles. The van der Waals surface area contributed by atoms with E-state index in [2.05, 4.69) is 15.6 Å². The van der Waals surface area contributed by atoms with E-state index in [9.17, 15) is 9.59 Å². The fourth-order valence-corrected chi connectivity index (χ4v) is 3.52. The number of nitrogens with zero attached hydrogens (tertiary/aromatic N) is 1. The van der Waals surface area contributed by atoms with Gasteiger partial charge in [-0.15, -0.1) is 11.3 Å². The highest BCUT2D eigenvalue weighted by Crippen LogP contribution is 2.16. The molecule has 0 aliphatic carbocycles. The van der Waals surface area contributed by atoms with Gasteiger partial charge in [-0.3, -0.25) is 9.59 Å². The zero-order valence-electron chi connectivity index (χ0n) is 17.3. The number of aryl methyl sites for hydroxylation is 1. The van der Waals surface area contributed by atoms with E-state index in [1.807, 2.05) is 24.4 Å². The number of thiazole rings is 1. The Balaban J connectivity index is 1.25. The summed E-state index contributed by atoms with van der Waals surface area (Å²) in [5.41, 5.74) is 2.99. The van der Waals surface area contributed by atoms with Crippen LogP contribution in [0.3, 0.4) is 0 Å². The van der Waals surface area contributed by atoms with Crippen LogP contribution in [0.15, 0.2) is 76.7 Å². The van der Waals surface area contributed by atoms with Crippen molar-refractivity contribution < 1.29 is 18.7 Å². The lowest BCUT2D eigenvalue weighted by molar-refractivity contribution is 0.0949. The van der Waals surface area contributed by atoms with Crippen LogP contribution in [0.2, 0.25) is 0 Å². The van der Waals surface area contributed by atoms with Crippen molar-refractivity contribution in [2.24, 2.45) is 0 Å². The second-order valence-corrected chi connectivity index (χ2v) is 8.04. The molecule has 162 valence electrons. The molecule has 0 saturated carbocycles. The Bertz CT molecular complexity index is 1180. The highest BCUT2D eigenvalue weighted by atomic mass is 32.1. The Hall–Kier alpha value is -3.91. The first-order chi connectivity index (χ1) is 15.6. The Labute approximate surface area is 189 Å². The first-order valence-corrected chi connectivity index (χ1v) is 10.8. The highest BCUT2D eigenvalue weighted by molar-refractivity contribution is 7.09. The number of ether oxygens (including phenoxy) is 1. The average molecular weight is 448 g/mol. The molecular formula is C24H21N3O4S. The monoisotopic (exact) mass is 447 g/mol. The van der Waals surface area contributed by atoms with E-state index in [-0.39, 0.29) is 17.6 Å². The minimum absolute atomic E-state index is 0.179. The van der Waals surface area contributed by atoms with Gasteiger partial charge in [0.25, 0.3) is 11.8 Å². The molecule has 32 heavy (non-hydrogen) atoms. The van der Waals surface area contributed by atoms with Gasteiger partial charge in [-0.1, -0.05) is 12.1 Å². The molecular weight excluding hydrogens is 426 g/mol. The predicted octanol–water partition coefficient (Wildman–Crippen LogP) is 4.81. The molecule has 8 heteroatoms. The molecule has 4 rings (SSSR count). The lowest BCUT2D eigenvalue weighted by atomic mass is 10.1. The number of benzene rings is 2. The van der Waals surface area contributed by atoms with Gasteiger partial charge >= 0.3 is 0 Å². The van der Waals surface area contributed by atoms with Gasteiger partial charge in [0, 0.05) is 23.2 Å². The molecule has 0 atom stereocenters. The van der Waals surface area contributed by atoms with Gasteiger partial charge in [-0.2, -0.15) is 0 Å². The number of anilines is 1. The minimum atomic E-state index is -0.315. The molecule has 2 heterocycles. The number of nitrogens with one attached hydrogen (secondary N) is 2. The van der Waals surface area contributed by atoms with Crippen LogP contribution in [0.4, 0.5) is 5.69 Å². The molecule has 0 saturated heterocycles. The first kappa shape index (κ1) is 21.3. The summed E-state index contributed by atoms with van der Waals surface area (Å²) >= 11 is 1.59. The Morgan fingerprint density at radius 3 is 2.47 bits per heavy atom. The minimum Gasteiger partial charge on any atom is -0.487 e. The molecule has 0 aliphatic heterocycles. The molecule has 4 aromatic rings. The van der Waals surface area contributed by atoms with Crippen LogP contribution in [-0.4, -0.2) is 16.8 Å². The number of amides is 2. The summed E-state index contributed by atoms with van der Waals surface area (Å²) in [5, 5.41) is 8.61. The van der Waals surface area contributed by atoms with E-state index in [1.54, 1.807) is 59.9 Å². The third-order valence-electron chi connectivity index (χ3n) is 4.58. The lowest BCUT2D eigenvalue weighted by Crippen LogP contribution is -2.22. The summed E-state index contributed by atoms with van der Waals surface area (Å²) < 4.78 is 10.8. The molecule has 2 amide bonds. The lowest BCUT2D eigenvalue weighted by Gasteiger charge is -2.08. The van der Waals surface area contributed by atoms with Gasteiger partial charge in [0.2, 0.25) is 0 Å². The maximum atomic E-state index is 12.4. The maximum Gasteiger partial charge on any atom is 0.291 e. The number of furan rings is 1. The number of hydrogen-bond acceptors (Lipinski definition) is 6. The predicted molar refractivity (Wildman–Crippen MR) is 122 cm³/mol. The summed E-state index contributed by atoms with van der Waals surface area (Å²) in [6, 6.07) is 17.5. The Morgan fingerprint density at radius 2 is 1.81 bits per heavy atom.